The molecule has 0 aromatic heterocycles. The summed E-state index contributed by atoms with van der Waals surface area (Å²) in [4.78, 5) is 0. The summed E-state index contributed by atoms with van der Waals surface area (Å²) in [5.74, 6) is -1.50. The van der Waals surface area contributed by atoms with Crippen LogP contribution in [0.3, 0.4) is 0 Å². The second-order valence-electron chi connectivity index (χ2n) is 3.94. The molecule has 0 unspecified atom stereocenters. The average Bonchev–Trinajstić information content (AvgIpc) is 2.40. The number of rotatable bonds is 4. The zero-order chi connectivity index (χ0) is 13.8. The van der Waals surface area contributed by atoms with Crippen LogP contribution in [0.1, 0.15) is 5.56 Å². The first-order valence-corrected chi connectivity index (χ1v) is 5.59. The Morgan fingerprint density at radius 1 is 1.05 bits per heavy atom. The SMILES string of the molecule is OB(O)c1ccccc1COc1cc(F)ccc1F. The van der Waals surface area contributed by atoms with Crippen molar-refractivity contribution in [2.75, 3.05) is 0 Å². The summed E-state index contributed by atoms with van der Waals surface area (Å²) in [7, 11) is -1.64. The fourth-order valence-corrected chi connectivity index (χ4v) is 1.66. The van der Waals surface area contributed by atoms with Gasteiger partial charge in [0.15, 0.2) is 11.6 Å². The molecule has 0 heterocycles. The summed E-state index contributed by atoms with van der Waals surface area (Å²) in [6, 6.07) is 9.36. The van der Waals surface area contributed by atoms with Gasteiger partial charge in [0.2, 0.25) is 0 Å². The van der Waals surface area contributed by atoms with Crippen molar-refractivity contribution in [2.24, 2.45) is 0 Å². The minimum absolute atomic E-state index is 0.0891. The van der Waals surface area contributed by atoms with Crippen LogP contribution in [0, 0.1) is 11.6 Å². The molecule has 0 amide bonds. The number of hydrogen-bond acceptors (Lipinski definition) is 3. The molecular formula is C13H11BF2O3. The highest BCUT2D eigenvalue weighted by Gasteiger charge is 2.16. The van der Waals surface area contributed by atoms with E-state index < -0.39 is 18.8 Å². The molecule has 0 atom stereocenters. The van der Waals surface area contributed by atoms with E-state index in [4.69, 9.17) is 14.8 Å². The first kappa shape index (κ1) is 13.5. The molecule has 2 aromatic carbocycles. The Morgan fingerprint density at radius 3 is 2.53 bits per heavy atom. The van der Waals surface area contributed by atoms with Gasteiger partial charge in [0, 0.05) is 6.07 Å². The minimum Gasteiger partial charge on any atom is -0.486 e. The summed E-state index contributed by atoms with van der Waals surface area (Å²) < 4.78 is 31.5. The third kappa shape index (κ3) is 3.30. The van der Waals surface area contributed by atoms with E-state index in [1.165, 1.54) is 6.07 Å². The van der Waals surface area contributed by atoms with Crippen LogP contribution in [0.15, 0.2) is 42.5 Å². The predicted octanol–water partition coefficient (Wildman–Crippen LogP) is 1.22. The fourth-order valence-electron chi connectivity index (χ4n) is 1.66. The predicted molar refractivity (Wildman–Crippen MR) is 67.0 cm³/mol. The van der Waals surface area contributed by atoms with Gasteiger partial charge in [0.05, 0.1) is 0 Å². The van der Waals surface area contributed by atoms with Crippen LogP contribution in [0.25, 0.3) is 0 Å². The monoisotopic (exact) mass is 264 g/mol. The Bertz CT molecular complexity index is 576. The molecule has 6 heteroatoms. The van der Waals surface area contributed by atoms with Crippen molar-refractivity contribution in [1.29, 1.82) is 0 Å². The van der Waals surface area contributed by atoms with Gasteiger partial charge in [-0.25, -0.2) is 8.78 Å². The van der Waals surface area contributed by atoms with Gasteiger partial charge in [0.25, 0.3) is 0 Å². The molecule has 2 N–H and O–H groups in total. The maximum absolute atomic E-state index is 13.3. The lowest BCUT2D eigenvalue weighted by atomic mass is 9.77. The largest absolute Gasteiger partial charge is 0.488 e. The molecular weight excluding hydrogens is 253 g/mol. The van der Waals surface area contributed by atoms with E-state index in [0.29, 0.717) is 5.56 Å². The van der Waals surface area contributed by atoms with Gasteiger partial charge >= 0.3 is 7.12 Å². The molecule has 0 spiro atoms. The summed E-state index contributed by atoms with van der Waals surface area (Å²) in [6.45, 7) is -0.0891. The summed E-state index contributed by atoms with van der Waals surface area (Å²) in [5, 5.41) is 18.3. The molecule has 0 radical (unpaired) electrons. The van der Waals surface area contributed by atoms with Crippen molar-refractivity contribution in [2.45, 2.75) is 6.61 Å². The average molecular weight is 264 g/mol. The molecule has 2 rings (SSSR count). The van der Waals surface area contributed by atoms with Gasteiger partial charge in [-0.15, -0.1) is 0 Å². The molecule has 19 heavy (non-hydrogen) atoms. The topological polar surface area (TPSA) is 49.7 Å². The molecule has 0 aliphatic carbocycles. The second kappa shape index (κ2) is 5.82. The normalized spacial score (nSPS) is 10.3. The van der Waals surface area contributed by atoms with E-state index in [2.05, 4.69) is 0 Å². The number of ether oxygens (including phenoxy) is 1. The molecule has 98 valence electrons. The molecule has 0 fully saturated rings. The van der Waals surface area contributed by atoms with Gasteiger partial charge in [-0.3, -0.25) is 0 Å². The van der Waals surface area contributed by atoms with Gasteiger partial charge in [-0.2, -0.15) is 0 Å². The van der Waals surface area contributed by atoms with E-state index in [0.717, 1.165) is 18.2 Å². The molecule has 3 nitrogen and oxygen atoms in total. The lowest BCUT2D eigenvalue weighted by Gasteiger charge is -2.11. The molecule has 0 bridgehead atoms. The van der Waals surface area contributed by atoms with Crippen LogP contribution in [0.2, 0.25) is 0 Å². The van der Waals surface area contributed by atoms with Gasteiger partial charge in [-0.05, 0) is 23.2 Å². The van der Waals surface area contributed by atoms with Gasteiger partial charge < -0.3 is 14.8 Å². The van der Waals surface area contributed by atoms with Gasteiger partial charge in [-0.1, -0.05) is 24.3 Å². The lowest BCUT2D eigenvalue weighted by molar-refractivity contribution is 0.288. The van der Waals surface area contributed by atoms with Crippen molar-refractivity contribution in [3.05, 3.63) is 59.7 Å². The first-order valence-electron chi connectivity index (χ1n) is 5.59. The molecule has 0 aliphatic rings. The molecule has 0 saturated heterocycles. The van der Waals surface area contributed by atoms with E-state index in [-0.39, 0.29) is 17.8 Å². The molecule has 0 aliphatic heterocycles. The van der Waals surface area contributed by atoms with E-state index in [1.807, 2.05) is 0 Å². The van der Waals surface area contributed by atoms with Crippen molar-refractivity contribution in [3.8, 4) is 5.75 Å². The van der Waals surface area contributed by atoms with Crippen molar-refractivity contribution >= 4 is 12.6 Å². The van der Waals surface area contributed by atoms with Crippen LogP contribution < -0.4 is 10.2 Å². The zero-order valence-corrected chi connectivity index (χ0v) is 9.88. The van der Waals surface area contributed by atoms with Crippen molar-refractivity contribution < 1.29 is 23.6 Å². The van der Waals surface area contributed by atoms with Gasteiger partial charge in [0.1, 0.15) is 12.4 Å². The Morgan fingerprint density at radius 2 is 1.79 bits per heavy atom. The maximum Gasteiger partial charge on any atom is 0.488 e. The Balaban J connectivity index is 2.17. The van der Waals surface area contributed by atoms with Crippen molar-refractivity contribution in [1.82, 2.24) is 0 Å². The maximum atomic E-state index is 13.3. The smallest absolute Gasteiger partial charge is 0.486 e. The summed E-state index contributed by atoms with van der Waals surface area (Å²) >= 11 is 0. The number of benzene rings is 2. The van der Waals surface area contributed by atoms with Crippen LogP contribution in [0.5, 0.6) is 5.75 Å². The zero-order valence-electron chi connectivity index (χ0n) is 9.88. The van der Waals surface area contributed by atoms with E-state index in [9.17, 15) is 8.78 Å². The Kier molecular flexibility index (Phi) is 4.14. The minimum atomic E-state index is -1.64. The Hall–Kier alpha value is -1.92. The fraction of sp³-hybridized carbons (Fsp3) is 0.0769. The molecule has 0 saturated carbocycles. The van der Waals surface area contributed by atoms with Crippen LogP contribution in [-0.2, 0) is 6.61 Å². The highest BCUT2D eigenvalue weighted by molar-refractivity contribution is 6.59. The van der Waals surface area contributed by atoms with Crippen molar-refractivity contribution in [3.63, 3.8) is 0 Å². The summed E-state index contributed by atoms with van der Waals surface area (Å²) in [6.07, 6.45) is 0. The van der Waals surface area contributed by atoms with E-state index >= 15 is 0 Å². The Labute approximate surface area is 109 Å². The van der Waals surface area contributed by atoms with E-state index in [1.54, 1.807) is 18.2 Å². The van der Waals surface area contributed by atoms with Crippen LogP contribution in [0.4, 0.5) is 8.78 Å². The molecule has 2 aromatic rings. The van der Waals surface area contributed by atoms with Crippen LogP contribution in [-0.4, -0.2) is 17.2 Å². The van der Waals surface area contributed by atoms with Crippen LogP contribution >= 0.6 is 0 Å². The third-order valence-corrected chi connectivity index (χ3v) is 2.61. The number of hydrogen-bond donors (Lipinski definition) is 2. The first-order chi connectivity index (χ1) is 9.08. The lowest BCUT2D eigenvalue weighted by Crippen LogP contribution is -2.33. The third-order valence-electron chi connectivity index (χ3n) is 2.61. The summed E-state index contributed by atoms with van der Waals surface area (Å²) in [5.41, 5.74) is 0.750. The standard InChI is InChI=1S/C13H11BF2O3/c15-10-5-6-12(16)13(7-10)19-8-9-3-1-2-4-11(9)14(17)18/h1-7,17-18H,8H2. The second-order valence-corrected chi connectivity index (χ2v) is 3.94. The highest BCUT2D eigenvalue weighted by Crippen LogP contribution is 2.19. The quantitative estimate of drug-likeness (QED) is 0.816. The number of halogens is 2. The highest BCUT2D eigenvalue weighted by atomic mass is 19.1.